The molecule has 1 aromatic rings. The van der Waals surface area contributed by atoms with Gasteiger partial charge in [-0.15, -0.1) is 0 Å². The van der Waals surface area contributed by atoms with E-state index >= 15 is 0 Å². The van der Waals surface area contributed by atoms with Crippen molar-refractivity contribution in [2.45, 2.75) is 12.8 Å². The second-order valence-corrected chi connectivity index (χ2v) is 3.72. The van der Waals surface area contributed by atoms with E-state index in [1.54, 1.807) is 12.4 Å². The number of nitrogens with one attached hydrogen (secondary N) is 1. The van der Waals surface area contributed by atoms with Crippen molar-refractivity contribution in [2.24, 2.45) is 5.92 Å². The highest BCUT2D eigenvalue weighted by Crippen LogP contribution is 2.28. The molecular formula is C10H15N3O2. The van der Waals surface area contributed by atoms with Crippen molar-refractivity contribution >= 4 is 6.03 Å². The molecule has 82 valence electrons. The van der Waals surface area contributed by atoms with Gasteiger partial charge in [-0.25, -0.2) is 9.78 Å². The number of aromatic nitrogens is 2. The molecule has 1 aliphatic rings. The van der Waals surface area contributed by atoms with Gasteiger partial charge >= 0.3 is 6.03 Å². The smallest absolute Gasteiger partial charge is 0.326 e. The zero-order valence-electron chi connectivity index (χ0n) is 8.56. The second-order valence-electron chi connectivity index (χ2n) is 3.72. The summed E-state index contributed by atoms with van der Waals surface area (Å²) in [6.07, 6.45) is 7.24. The Morgan fingerprint density at radius 1 is 1.60 bits per heavy atom. The maximum atomic E-state index is 11.4. The van der Waals surface area contributed by atoms with Crippen LogP contribution in [0.5, 0.6) is 0 Å². The van der Waals surface area contributed by atoms with Gasteiger partial charge in [0.2, 0.25) is 0 Å². The molecule has 1 amide bonds. The third-order valence-electron chi connectivity index (χ3n) is 2.31. The zero-order valence-corrected chi connectivity index (χ0v) is 8.56. The van der Waals surface area contributed by atoms with Gasteiger partial charge in [0.15, 0.2) is 0 Å². The Morgan fingerprint density at radius 3 is 3.13 bits per heavy atom. The summed E-state index contributed by atoms with van der Waals surface area (Å²) in [5.74, 6) is 0.773. The van der Waals surface area contributed by atoms with Crippen LogP contribution in [0, 0.1) is 5.92 Å². The molecule has 0 atom stereocenters. The first kappa shape index (κ1) is 10.2. The number of carbonyl (C=O) groups is 1. The molecule has 5 nitrogen and oxygen atoms in total. The number of amides is 1. The van der Waals surface area contributed by atoms with E-state index in [1.165, 1.54) is 23.7 Å². The lowest BCUT2D eigenvalue weighted by molar-refractivity contribution is 0.127. The lowest BCUT2D eigenvalue weighted by Gasteiger charge is -2.05. The molecule has 1 N–H and O–H groups in total. The van der Waals surface area contributed by atoms with Crippen molar-refractivity contribution in [2.75, 3.05) is 19.8 Å². The van der Waals surface area contributed by atoms with Crippen molar-refractivity contribution in [1.82, 2.24) is 14.9 Å². The monoisotopic (exact) mass is 209 g/mol. The largest absolute Gasteiger partial charge is 0.379 e. The Bertz CT molecular complexity index is 306. The van der Waals surface area contributed by atoms with Crippen LogP contribution in [0.15, 0.2) is 18.7 Å². The molecule has 1 aliphatic carbocycles. The summed E-state index contributed by atoms with van der Waals surface area (Å²) in [6.45, 7) is 1.96. The predicted molar refractivity (Wildman–Crippen MR) is 54.6 cm³/mol. The highest BCUT2D eigenvalue weighted by molar-refractivity contribution is 5.76. The molecule has 1 saturated carbocycles. The van der Waals surface area contributed by atoms with Gasteiger partial charge in [-0.2, -0.15) is 0 Å². The minimum atomic E-state index is -0.164. The van der Waals surface area contributed by atoms with E-state index in [0.29, 0.717) is 13.2 Å². The molecule has 0 radical (unpaired) electrons. The molecular weight excluding hydrogens is 194 g/mol. The number of rotatable bonds is 5. The summed E-state index contributed by atoms with van der Waals surface area (Å²) in [6, 6.07) is -0.164. The van der Waals surface area contributed by atoms with Crippen LogP contribution in [-0.4, -0.2) is 35.3 Å². The third-order valence-corrected chi connectivity index (χ3v) is 2.31. The molecule has 0 saturated heterocycles. The van der Waals surface area contributed by atoms with E-state index in [9.17, 15) is 4.79 Å². The number of nitrogens with zero attached hydrogens (tertiary/aromatic N) is 2. The summed E-state index contributed by atoms with van der Waals surface area (Å²) >= 11 is 0. The summed E-state index contributed by atoms with van der Waals surface area (Å²) in [5, 5.41) is 2.74. The second kappa shape index (κ2) is 4.93. The Morgan fingerprint density at radius 2 is 2.47 bits per heavy atom. The number of imidazole rings is 1. The zero-order chi connectivity index (χ0) is 10.5. The SMILES string of the molecule is O=C(NCCOCC1CC1)n1ccnc1. The van der Waals surface area contributed by atoms with E-state index in [-0.39, 0.29) is 6.03 Å². The van der Waals surface area contributed by atoms with Crippen LogP contribution in [0.1, 0.15) is 12.8 Å². The van der Waals surface area contributed by atoms with Crippen LogP contribution in [0.2, 0.25) is 0 Å². The molecule has 1 aromatic heterocycles. The Kier molecular flexibility index (Phi) is 3.34. The first-order chi connectivity index (χ1) is 7.36. The Hall–Kier alpha value is -1.36. The molecule has 1 heterocycles. The predicted octanol–water partition coefficient (Wildman–Crippen LogP) is 0.867. The number of hydrogen-bond acceptors (Lipinski definition) is 3. The molecule has 1 fully saturated rings. The van der Waals surface area contributed by atoms with Gasteiger partial charge in [-0.1, -0.05) is 0 Å². The van der Waals surface area contributed by atoms with Crippen LogP contribution in [0.4, 0.5) is 4.79 Å². The molecule has 5 heteroatoms. The Balaban J connectivity index is 1.55. The van der Waals surface area contributed by atoms with Gasteiger partial charge in [0, 0.05) is 25.5 Å². The van der Waals surface area contributed by atoms with Gasteiger partial charge in [-0.05, 0) is 18.8 Å². The van der Waals surface area contributed by atoms with Crippen LogP contribution < -0.4 is 5.32 Å². The minimum Gasteiger partial charge on any atom is -0.379 e. The fourth-order valence-electron chi connectivity index (χ4n) is 1.24. The first-order valence-corrected chi connectivity index (χ1v) is 5.20. The molecule has 0 aromatic carbocycles. The topological polar surface area (TPSA) is 56.1 Å². The van der Waals surface area contributed by atoms with E-state index in [2.05, 4.69) is 10.3 Å². The average molecular weight is 209 g/mol. The fourth-order valence-corrected chi connectivity index (χ4v) is 1.24. The molecule has 15 heavy (non-hydrogen) atoms. The van der Waals surface area contributed by atoms with E-state index in [1.807, 2.05) is 0 Å². The summed E-state index contributed by atoms with van der Waals surface area (Å²) in [7, 11) is 0. The van der Waals surface area contributed by atoms with Crippen molar-refractivity contribution in [3.8, 4) is 0 Å². The lowest BCUT2D eigenvalue weighted by atomic mass is 10.5. The summed E-state index contributed by atoms with van der Waals surface area (Å²) in [4.78, 5) is 15.2. The maximum Gasteiger partial charge on any atom is 0.326 e. The van der Waals surface area contributed by atoms with Crippen molar-refractivity contribution in [3.05, 3.63) is 18.7 Å². The summed E-state index contributed by atoms with van der Waals surface area (Å²) in [5.41, 5.74) is 0. The lowest BCUT2D eigenvalue weighted by Crippen LogP contribution is -2.30. The van der Waals surface area contributed by atoms with Gasteiger partial charge < -0.3 is 10.1 Å². The molecule has 2 rings (SSSR count). The molecule has 0 bridgehead atoms. The normalized spacial score (nSPS) is 15.2. The number of hydrogen-bond donors (Lipinski definition) is 1. The van der Waals surface area contributed by atoms with Gasteiger partial charge in [0.05, 0.1) is 6.61 Å². The van der Waals surface area contributed by atoms with Gasteiger partial charge in [0.1, 0.15) is 6.33 Å². The fraction of sp³-hybridized carbons (Fsp3) is 0.600. The summed E-state index contributed by atoms with van der Waals surface area (Å²) < 4.78 is 6.79. The molecule has 0 aliphatic heterocycles. The van der Waals surface area contributed by atoms with Gasteiger partial charge in [0.25, 0.3) is 0 Å². The third kappa shape index (κ3) is 3.36. The molecule has 0 spiro atoms. The van der Waals surface area contributed by atoms with Crippen LogP contribution in [-0.2, 0) is 4.74 Å². The first-order valence-electron chi connectivity index (χ1n) is 5.20. The van der Waals surface area contributed by atoms with Crippen molar-refractivity contribution < 1.29 is 9.53 Å². The van der Waals surface area contributed by atoms with Gasteiger partial charge in [-0.3, -0.25) is 4.57 Å². The van der Waals surface area contributed by atoms with E-state index < -0.39 is 0 Å². The standard InChI is InChI=1S/C10H15N3O2/c14-10(13-5-3-11-8-13)12-4-6-15-7-9-1-2-9/h3,5,8-9H,1-2,4,6-7H2,(H,12,14). The van der Waals surface area contributed by atoms with Crippen LogP contribution in [0.3, 0.4) is 0 Å². The van der Waals surface area contributed by atoms with Crippen LogP contribution in [0.25, 0.3) is 0 Å². The highest BCUT2D eigenvalue weighted by atomic mass is 16.5. The van der Waals surface area contributed by atoms with Crippen LogP contribution >= 0.6 is 0 Å². The molecule has 0 unspecified atom stereocenters. The average Bonchev–Trinajstić information content (AvgIpc) is 2.90. The van der Waals surface area contributed by atoms with E-state index in [0.717, 1.165) is 12.5 Å². The van der Waals surface area contributed by atoms with Crippen molar-refractivity contribution in [1.29, 1.82) is 0 Å². The quantitative estimate of drug-likeness (QED) is 0.732. The maximum absolute atomic E-state index is 11.4. The van der Waals surface area contributed by atoms with E-state index in [4.69, 9.17) is 4.74 Å². The Labute approximate surface area is 88.4 Å². The highest BCUT2D eigenvalue weighted by Gasteiger charge is 2.20. The number of ether oxygens (including phenoxy) is 1. The minimum absolute atomic E-state index is 0.164. The number of carbonyl (C=O) groups excluding carboxylic acids is 1. The van der Waals surface area contributed by atoms with Crippen molar-refractivity contribution in [3.63, 3.8) is 0 Å².